The van der Waals surface area contributed by atoms with Gasteiger partial charge in [-0.05, 0) is 23.3 Å². The van der Waals surface area contributed by atoms with E-state index in [2.05, 4.69) is 4.72 Å². The van der Waals surface area contributed by atoms with Gasteiger partial charge < -0.3 is 5.73 Å². The van der Waals surface area contributed by atoms with E-state index in [1.807, 2.05) is 36.4 Å². The predicted octanol–water partition coefficient (Wildman–Crippen LogP) is 3.31. The van der Waals surface area contributed by atoms with Gasteiger partial charge in [0, 0.05) is 12.1 Å². The molecule has 7 nitrogen and oxygen atoms in total. The minimum Gasteiger partial charge on any atom is -0.322 e. The lowest BCUT2D eigenvalue weighted by molar-refractivity contribution is -0.384. The van der Waals surface area contributed by atoms with Crippen LogP contribution in [0.5, 0.6) is 0 Å². The summed E-state index contributed by atoms with van der Waals surface area (Å²) in [5.41, 5.74) is 7.72. The van der Waals surface area contributed by atoms with Crippen LogP contribution in [0.3, 0.4) is 0 Å². The summed E-state index contributed by atoms with van der Waals surface area (Å²) in [6, 6.07) is 21.6. The average molecular weight is 397 g/mol. The zero-order valence-corrected chi connectivity index (χ0v) is 15.6. The van der Waals surface area contributed by atoms with Gasteiger partial charge in [0.1, 0.15) is 0 Å². The fourth-order valence-electron chi connectivity index (χ4n) is 2.86. The molecule has 144 valence electrons. The number of rotatable bonds is 7. The van der Waals surface area contributed by atoms with Crippen molar-refractivity contribution in [3.8, 4) is 0 Å². The molecule has 0 aliphatic carbocycles. The summed E-state index contributed by atoms with van der Waals surface area (Å²) in [6.45, 7) is 0. The zero-order chi connectivity index (χ0) is 20.1. The van der Waals surface area contributed by atoms with Crippen LogP contribution < -0.4 is 10.5 Å². The maximum atomic E-state index is 12.9. The molecule has 0 fully saturated rings. The molecule has 8 heteroatoms. The van der Waals surface area contributed by atoms with Crippen molar-refractivity contribution in [1.82, 2.24) is 4.72 Å². The van der Waals surface area contributed by atoms with E-state index in [0.717, 1.165) is 17.7 Å². The number of nitro groups is 1. The summed E-state index contributed by atoms with van der Waals surface area (Å²) in [4.78, 5) is 10.1. The van der Waals surface area contributed by atoms with E-state index >= 15 is 0 Å². The highest BCUT2D eigenvalue weighted by atomic mass is 32.2. The molecular formula is C20H19N3O4S. The van der Waals surface area contributed by atoms with Crippen molar-refractivity contribution in [2.24, 2.45) is 5.73 Å². The van der Waals surface area contributed by atoms with Gasteiger partial charge in [-0.15, -0.1) is 0 Å². The normalized spacial score (nSPS) is 13.6. The van der Waals surface area contributed by atoms with Gasteiger partial charge in [-0.1, -0.05) is 60.7 Å². The van der Waals surface area contributed by atoms with Crippen molar-refractivity contribution < 1.29 is 13.3 Å². The largest absolute Gasteiger partial charge is 0.322 e. The maximum Gasteiger partial charge on any atom is 0.269 e. The minimum atomic E-state index is -3.96. The lowest BCUT2D eigenvalue weighted by atomic mass is 9.95. The summed E-state index contributed by atoms with van der Waals surface area (Å²) in [5.74, 6) is 0. The van der Waals surface area contributed by atoms with Crippen molar-refractivity contribution in [1.29, 1.82) is 0 Å². The summed E-state index contributed by atoms with van der Waals surface area (Å²) in [5, 5.41) is 10.8. The Hall–Kier alpha value is -3.07. The number of sulfonamides is 1. The van der Waals surface area contributed by atoms with E-state index in [9.17, 15) is 18.5 Å². The SMILES string of the molecule is N[C@@H](c1ccccc1)[C@@H](NS(=O)(=O)c1ccc([N+](=O)[O-])cc1)c1ccccc1. The first-order valence-electron chi connectivity index (χ1n) is 8.51. The first-order valence-corrected chi connectivity index (χ1v) is 9.99. The van der Waals surface area contributed by atoms with Crippen molar-refractivity contribution in [2.45, 2.75) is 17.0 Å². The van der Waals surface area contributed by atoms with E-state index in [1.54, 1.807) is 24.3 Å². The maximum absolute atomic E-state index is 12.9. The number of non-ortho nitro benzene ring substituents is 1. The highest BCUT2D eigenvalue weighted by Gasteiger charge is 2.27. The second-order valence-electron chi connectivity index (χ2n) is 6.20. The molecule has 0 saturated carbocycles. The van der Waals surface area contributed by atoms with Crippen LogP contribution in [0.1, 0.15) is 23.2 Å². The Balaban J connectivity index is 1.95. The van der Waals surface area contributed by atoms with Gasteiger partial charge >= 0.3 is 0 Å². The second kappa shape index (κ2) is 8.30. The van der Waals surface area contributed by atoms with E-state index in [-0.39, 0.29) is 10.6 Å². The van der Waals surface area contributed by atoms with Crippen LogP contribution in [-0.2, 0) is 10.0 Å². The molecule has 3 aromatic carbocycles. The van der Waals surface area contributed by atoms with Crippen LogP contribution in [0.4, 0.5) is 5.69 Å². The minimum absolute atomic E-state index is 0.0701. The number of benzene rings is 3. The molecule has 0 aliphatic heterocycles. The Morgan fingerprint density at radius 1 is 0.821 bits per heavy atom. The summed E-state index contributed by atoms with van der Waals surface area (Å²) in [7, 11) is -3.96. The molecule has 3 N–H and O–H groups in total. The van der Waals surface area contributed by atoms with Gasteiger partial charge in [0.2, 0.25) is 10.0 Å². The molecule has 3 rings (SSSR count). The van der Waals surface area contributed by atoms with Crippen molar-refractivity contribution in [2.75, 3.05) is 0 Å². The number of hydrogen-bond acceptors (Lipinski definition) is 5. The highest BCUT2D eigenvalue weighted by Crippen LogP contribution is 2.29. The van der Waals surface area contributed by atoms with Crippen LogP contribution in [0, 0.1) is 10.1 Å². The molecule has 0 saturated heterocycles. The van der Waals surface area contributed by atoms with Gasteiger partial charge in [0.25, 0.3) is 5.69 Å². The third kappa shape index (κ3) is 4.42. The lowest BCUT2D eigenvalue weighted by Crippen LogP contribution is -2.36. The molecule has 0 aromatic heterocycles. The lowest BCUT2D eigenvalue weighted by Gasteiger charge is -2.26. The fourth-order valence-corrected chi connectivity index (χ4v) is 4.11. The van der Waals surface area contributed by atoms with Gasteiger partial charge in [0.15, 0.2) is 0 Å². The van der Waals surface area contributed by atoms with Crippen LogP contribution in [0.2, 0.25) is 0 Å². The summed E-state index contributed by atoms with van der Waals surface area (Å²) < 4.78 is 28.4. The van der Waals surface area contributed by atoms with Crippen LogP contribution in [0.25, 0.3) is 0 Å². The fraction of sp³-hybridized carbons (Fsp3) is 0.100. The first kappa shape index (κ1) is 19.7. The number of nitrogens with zero attached hydrogens (tertiary/aromatic N) is 1. The third-order valence-corrected chi connectivity index (χ3v) is 5.80. The molecule has 28 heavy (non-hydrogen) atoms. The zero-order valence-electron chi connectivity index (χ0n) is 14.8. The molecule has 2 atom stereocenters. The Morgan fingerprint density at radius 2 is 1.32 bits per heavy atom. The molecule has 0 unspecified atom stereocenters. The Morgan fingerprint density at radius 3 is 1.82 bits per heavy atom. The molecule has 0 radical (unpaired) electrons. The molecule has 0 heterocycles. The predicted molar refractivity (Wildman–Crippen MR) is 106 cm³/mol. The number of nitrogens with two attached hydrogens (primary N) is 1. The quantitative estimate of drug-likeness (QED) is 0.469. The third-order valence-electron chi connectivity index (χ3n) is 4.34. The molecule has 0 bridgehead atoms. The molecule has 0 amide bonds. The number of nitrogens with one attached hydrogen (secondary N) is 1. The van der Waals surface area contributed by atoms with Crippen molar-refractivity contribution >= 4 is 15.7 Å². The first-order chi connectivity index (χ1) is 13.4. The second-order valence-corrected chi connectivity index (χ2v) is 7.91. The van der Waals surface area contributed by atoms with E-state index < -0.39 is 27.0 Å². The Bertz CT molecular complexity index is 1040. The van der Waals surface area contributed by atoms with E-state index in [4.69, 9.17) is 5.73 Å². The highest BCUT2D eigenvalue weighted by molar-refractivity contribution is 7.89. The van der Waals surface area contributed by atoms with Gasteiger partial charge in [-0.25, -0.2) is 13.1 Å². The monoisotopic (exact) mass is 397 g/mol. The smallest absolute Gasteiger partial charge is 0.269 e. The van der Waals surface area contributed by atoms with E-state index in [0.29, 0.717) is 5.56 Å². The van der Waals surface area contributed by atoms with Crippen LogP contribution >= 0.6 is 0 Å². The topological polar surface area (TPSA) is 115 Å². The number of nitro benzene ring substituents is 1. The molecule has 3 aromatic rings. The Labute approximate surface area is 163 Å². The van der Waals surface area contributed by atoms with Crippen molar-refractivity contribution in [3.05, 3.63) is 106 Å². The van der Waals surface area contributed by atoms with Crippen molar-refractivity contribution in [3.63, 3.8) is 0 Å². The molecule has 0 aliphatic rings. The summed E-state index contributed by atoms with van der Waals surface area (Å²) >= 11 is 0. The van der Waals surface area contributed by atoms with Crippen LogP contribution in [-0.4, -0.2) is 13.3 Å². The van der Waals surface area contributed by atoms with Gasteiger partial charge in [-0.2, -0.15) is 0 Å². The average Bonchev–Trinajstić information content (AvgIpc) is 2.73. The Kier molecular flexibility index (Phi) is 5.84. The molecule has 0 spiro atoms. The van der Waals surface area contributed by atoms with Gasteiger partial charge in [-0.3, -0.25) is 10.1 Å². The summed E-state index contributed by atoms with van der Waals surface area (Å²) in [6.07, 6.45) is 0. The standard InChI is InChI=1S/C20H19N3O4S/c21-19(15-7-3-1-4-8-15)20(16-9-5-2-6-10-16)22-28(26,27)18-13-11-17(12-14-18)23(24)25/h1-14,19-20,22H,21H2/t19-,20-/m0/s1. The van der Waals surface area contributed by atoms with Gasteiger partial charge in [0.05, 0.1) is 21.9 Å². The van der Waals surface area contributed by atoms with Crippen LogP contribution in [0.15, 0.2) is 89.8 Å². The number of hydrogen-bond donors (Lipinski definition) is 2. The molecular weight excluding hydrogens is 378 g/mol. The van der Waals surface area contributed by atoms with E-state index in [1.165, 1.54) is 12.1 Å².